The second-order valence-electron chi connectivity index (χ2n) is 5.02. The zero-order chi connectivity index (χ0) is 17.8. The Kier molecular flexibility index (Phi) is 4.56. The van der Waals surface area contributed by atoms with Gasteiger partial charge in [0.15, 0.2) is 5.57 Å². The summed E-state index contributed by atoms with van der Waals surface area (Å²) in [5.41, 5.74) is 0.0908. The van der Waals surface area contributed by atoms with E-state index in [1.54, 1.807) is 24.3 Å². The first kappa shape index (κ1) is 16.4. The maximum absolute atomic E-state index is 14.2. The van der Waals surface area contributed by atoms with Crippen molar-refractivity contribution >= 4 is 23.0 Å². The Bertz CT molecular complexity index is 1180. The Morgan fingerprint density at radius 1 is 1.04 bits per heavy atom. The van der Waals surface area contributed by atoms with E-state index in [1.807, 2.05) is 30.3 Å². The largest absolute Gasteiger partial charge is 0.273 e. The van der Waals surface area contributed by atoms with E-state index in [4.69, 9.17) is 0 Å². The number of hydrogen-bond donors (Lipinski definition) is 0. The Morgan fingerprint density at radius 3 is 2.32 bits per heavy atom. The third-order valence-corrected chi connectivity index (χ3v) is 4.54. The summed E-state index contributed by atoms with van der Waals surface area (Å²) in [5.74, 6) is -0.606. The van der Waals surface area contributed by atoms with Crippen LogP contribution in [0.2, 0.25) is 0 Å². The number of thiazole rings is 1. The van der Waals surface area contributed by atoms with E-state index in [0.717, 1.165) is 21.5 Å². The second kappa shape index (κ2) is 6.96. The predicted molar refractivity (Wildman–Crippen MR) is 93.8 cm³/mol. The van der Waals surface area contributed by atoms with Gasteiger partial charge in [0, 0.05) is 0 Å². The van der Waals surface area contributed by atoms with Crippen molar-refractivity contribution in [2.75, 3.05) is 0 Å². The van der Waals surface area contributed by atoms with E-state index < -0.39 is 11.4 Å². The molecular formula is C19H10FN3OS. The lowest BCUT2D eigenvalue weighted by atomic mass is 10.2. The molecule has 0 saturated carbocycles. The molecule has 4 nitrogen and oxygen atoms in total. The van der Waals surface area contributed by atoms with E-state index in [1.165, 1.54) is 18.2 Å². The number of aromatic nitrogens is 1. The van der Waals surface area contributed by atoms with Gasteiger partial charge in [-0.1, -0.05) is 42.5 Å². The Balaban J connectivity index is 2.44. The minimum Gasteiger partial charge on any atom is -0.267 e. The van der Waals surface area contributed by atoms with Gasteiger partial charge in [-0.05, 0) is 23.8 Å². The summed E-state index contributed by atoms with van der Waals surface area (Å²) in [7, 11) is 0. The van der Waals surface area contributed by atoms with Gasteiger partial charge in [0.25, 0.3) is 5.56 Å². The molecule has 0 amide bonds. The molecule has 3 rings (SSSR count). The molecule has 0 aliphatic rings. The van der Waals surface area contributed by atoms with Crippen LogP contribution in [0.5, 0.6) is 0 Å². The van der Waals surface area contributed by atoms with Crippen molar-refractivity contribution in [3.05, 3.63) is 85.5 Å². The predicted octanol–water partition coefficient (Wildman–Crippen LogP) is 2.06. The van der Waals surface area contributed by atoms with E-state index in [2.05, 4.69) is 0 Å². The molecule has 6 heteroatoms. The SMILES string of the molecule is N#CC(C#N)=c1s/c(=C/c2ccccc2)c(=O)n1-c1ccccc1F. The van der Waals surface area contributed by atoms with Crippen molar-refractivity contribution in [1.82, 2.24) is 4.57 Å². The van der Waals surface area contributed by atoms with Gasteiger partial charge in [0.05, 0.1) is 10.2 Å². The highest BCUT2D eigenvalue weighted by atomic mass is 32.1. The molecule has 1 aromatic heterocycles. The summed E-state index contributed by atoms with van der Waals surface area (Å²) >= 11 is 0.988. The third-order valence-electron chi connectivity index (χ3n) is 3.45. The molecule has 25 heavy (non-hydrogen) atoms. The summed E-state index contributed by atoms with van der Waals surface area (Å²) in [4.78, 5) is 12.8. The minimum absolute atomic E-state index is 0.00876. The number of para-hydroxylation sites is 1. The molecule has 3 aromatic rings. The van der Waals surface area contributed by atoms with Crippen LogP contribution in [-0.4, -0.2) is 4.57 Å². The first-order valence-electron chi connectivity index (χ1n) is 7.23. The van der Waals surface area contributed by atoms with Crippen LogP contribution in [0.4, 0.5) is 4.39 Å². The van der Waals surface area contributed by atoms with Crippen molar-refractivity contribution in [3.63, 3.8) is 0 Å². The van der Waals surface area contributed by atoms with Crippen LogP contribution in [0.25, 0.3) is 17.3 Å². The summed E-state index contributed by atoms with van der Waals surface area (Å²) in [6, 6.07) is 18.5. The van der Waals surface area contributed by atoms with Crippen LogP contribution in [0.15, 0.2) is 59.4 Å². The van der Waals surface area contributed by atoms with Gasteiger partial charge in [-0.15, -0.1) is 11.3 Å². The van der Waals surface area contributed by atoms with Crippen LogP contribution in [0, 0.1) is 28.5 Å². The van der Waals surface area contributed by atoms with Gasteiger partial charge in [0.1, 0.15) is 22.6 Å². The average molecular weight is 347 g/mol. The Morgan fingerprint density at radius 2 is 1.68 bits per heavy atom. The van der Waals surface area contributed by atoms with Crippen molar-refractivity contribution in [1.29, 1.82) is 10.5 Å². The van der Waals surface area contributed by atoms with Gasteiger partial charge >= 0.3 is 0 Å². The molecule has 0 aliphatic carbocycles. The number of hydrogen-bond acceptors (Lipinski definition) is 4. The van der Waals surface area contributed by atoms with Crippen LogP contribution < -0.4 is 14.8 Å². The Hall–Kier alpha value is -3.48. The van der Waals surface area contributed by atoms with Gasteiger partial charge in [-0.3, -0.25) is 9.36 Å². The zero-order valence-electron chi connectivity index (χ0n) is 12.8. The number of rotatable bonds is 2. The lowest BCUT2D eigenvalue weighted by molar-refractivity contribution is 0.616. The van der Waals surface area contributed by atoms with Crippen LogP contribution in [0.3, 0.4) is 0 Å². The lowest BCUT2D eigenvalue weighted by Crippen LogP contribution is -2.31. The number of nitrogens with zero attached hydrogens (tertiary/aromatic N) is 3. The van der Waals surface area contributed by atoms with Gasteiger partial charge in [-0.25, -0.2) is 4.39 Å². The van der Waals surface area contributed by atoms with E-state index in [9.17, 15) is 19.7 Å². The maximum atomic E-state index is 14.2. The monoisotopic (exact) mass is 347 g/mol. The molecule has 120 valence electrons. The number of benzene rings is 2. The number of halogens is 1. The topological polar surface area (TPSA) is 69.6 Å². The molecule has 0 radical (unpaired) electrons. The van der Waals surface area contributed by atoms with E-state index in [-0.39, 0.29) is 15.9 Å². The normalized spacial score (nSPS) is 10.9. The Labute approximate surface area is 146 Å². The van der Waals surface area contributed by atoms with Gasteiger partial charge < -0.3 is 0 Å². The van der Waals surface area contributed by atoms with Crippen LogP contribution in [-0.2, 0) is 0 Å². The fourth-order valence-electron chi connectivity index (χ4n) is 2.32. The van der Waals surface area contributed by atoms with Crippen molar-refractivity contribution in [2.45, 2.75) is 0 Å². The summed E-state index contributed by atoms with van der Waals surface area (Å²) in [6.45, 7) is 0. The molecule has 0 atom stereocenters. The van der Waals surface area contributed by atoms with Crippen LogP contribution in [0.1, 0.15) is 5.56 Å². The highest BCUT2D eigenvalue weighted by Crippen LogP contribution is 2.09. The quantitative estimate of drug-likeness (QED) is 0.712. The summed E-state index contributed by atoms with van der Waals surface area (Å²) in [6.07, 6.45) is 1.65. The molecule has 0 saturated heterocycles. The van der Waals surface area contributed by atoms with E-state index >= 15 is 0 Å². The standard InChI is InChI=1S/C19H10FN3OS/c20-15-8-4-5-9-16(15)23-18(24)17(10-13-6-2-1-3-7-13)25-19(23)14(11-21)12-22/h1-10H/b17-10+. The van der Waals surface area contributed by atoms with Crippen molar-refractivity contribution in [2.24, 2.45) is 0 Å². The molecule has 0 unspecified atom stereocenters. The van der Waals surface area contributed by atoms with Crippen LogP contribution >= 0.6 is 11.3 Å². The van der Waals surface area contributed by atoms with Crippen molar-refractivity contribution < 1.29 is 4.39 Å². The third kappa shape index (κ3) is 3.12. The van der Waals surface area contributed by atoms with Gasteiger partial charge in [-0.2, -0.15) is 10.5 Å². The fourth-order valence-corrected chi connectivity index (χ4v) is 3.37. The maximum Gasteiger partial charge on any atom is 0.273 e. The highest BCUT2D eigenvalue weighted by molar-refractivity contribution is 7.07. The zero-order valence-corrected chi connectivity index (χ0v) is 13.6. The first-order valence-corrected chi connectivity index (χ1v) is 8.05. The molecule has 0 fully saturated rings. The molecule has 2 aromatic carbocycles. The smallest absolute Gasteiger partial charge is 0.267 e. The van der Waals surface area contributed by atoms with Gasteiger partial charge in [0.2, 0.25) is 0 Å². The molecule has 1 heterocycles. The first-order chi connectivity index (χ1) is 12.2. The summed E-state index contributed by atoms with van der Waals surface area (Å²) < 4.78 is 15.7. The lowest BCUT2D eigenvalue weighted by Gasteiger charge is -2.03. The minimum atomic E-state index is -0.606. The van der Waals surface area contributed by atoms with Crippen molar-refractivity contribution in [3.8, 4) is 17.8 Å². The number of nitriles is 2. The molecule has 0 spiro atoms. The van der Waals surface area contributed by atoms with E-state index in [0.29, 0.717) is 4.53 Å². The fraction of sp³-hybridized carbons (Fsp3) is 0. The highest BCUT2D eigenvalue weighted by Gasteiger charge is 2.13. The molecule has 0 aliphatic heterocycles. The molecule has 0 N–H and O–H groups in total. The molecule has 0 bridgehead atoms. The molecular weight excluding hydrogens is 337 g/mol. The second-order valence-corrected chi connectivity index (χ2v) is 6.05. The average Bonchev–Trinajstić information content (AvgIpc) is 2.94. The summed E-state index contributed by atoms with van der Waals surface area (Å²) in [5, 5.41) is 18.4.